The van der Waals surface area contributed by atoms with Crippen molar-refractivity contribution in [2.45, 2.75) is 13.8 Å². The first-order chi connectivity index (χ1) is 6.18. The summed E-state index contributed by atoms with van der Waals surface area (Å²) in [5.74, 6) is 0. The van der Waals surface area contributed by atoms with Crippen molar-refractivity contribution in [3.63, 3.8) is 0 Å². The van der Waals surface area contributed by atoms with Gasteiger partial charge in [0.1, 0.15) is 9.34 Å². The fourth-order valence-electron chi connectivity index (χ4n) is 1.07. The van der Waals surface area contributed by atoms with Gasteiger partial charge in [-0.15, -0.1) is 22.7 Å². The van der Waals surface area contributed by atoms with Crippen molar-refractivity contribution in [1.29, 1.82) is 0 Å². The number of halogens is 1. The molecule has 0 radical (unpaired) electrons. The maximum atomic E-state index is 5.96. The molecule has 0 aromatic carbocycles. The average molecular weight is 230 g/mol. The molecule has 0 unspecified atom stereocenters. The minimum atomic E-state index is 0.794. The molecule has 0 bridgehead atoms. The monoisotopic (exact) mass is 229 g/mol. The van der Waals surface area contributed by atoms with E-state index in [2.05, 4.69) is 23.4 Å². The van der Waals surface area contributed by atoms with E-state index in [1.165, 1.54) is 10.4 Å². The zero-order valence-corrected chi connectivity index (χ0v) is 9.69. The van der Waals surface area contributed by atoms with Gasteiger partial charge in [0, 0.05) is 0 Å². The molecule has 0 saturated heterocycles. The van der Waals surface area contributed by atoms with Crippen LogP contribution in [0.4, 0.5) is 0 Å². The molecule has 2 aromatic rings. The van der Waals surface area contributed by atoms with E-state index in [0.717, 1.165) is 15.0 Å². The predicted molar refractivity (Wildman–Crippen MR) is 59.9 cm³/mol. The summed E-state index contributed by atoms with van der Waals surface area (Å²) in [4.78, 5) is 5.65. The second-order valence-electron chi connectivity index (χ2n) is 2.81. The summed E-state index contributed by atoms with van der Waals surface area (Å²) in [6.07, 6.45) is 0. The number of rotatable bonds is 1. The van der Waals surface area contributed by atoms with Crippen LogP contribution in [0.15, 0.2) is 11.4 Å². The predicted octanol–water partition coefficient (Wildman–Crippen LogP) is 4.14. The van der Waals surface area contributed by atoms with Crippen LogP contribution in [-0.4, -0.2) is 4.98 Å². The summed E-state index contributed by atoms with van der Waals surface area (Å²) in [6, 6.07) is 2.10. The molecule has 0 amide bonds. The minimum Gasteiger partial charge on any atom is -0.239 e. The van der Waals surface area contributed by atoms with Gasteiger partial charge in [0.25, 0.3) is 0 Å². The lowest BCUT2D eigenvalue weighted by Gasteiger charge is -1.90. The van der Waals surface area contributed by atoms with E-state index in [1.807, 2.05) is 6.92 Å². The molecule has 0 fully saturated rings. The summed E-state index contributed by atoms with van der Waals surface area (Å²) in [6.45, 7) is 4.03. The average Bonchev–Trinajstić information content (AvgIpc) is 2.60. The molecule has 2 rings (SSSR count). The summed E-state index contributed by atoms with van der Waals surface area (Å²) in [7, 11) is 0. The smallest absolute Gasteiger partial charge is 0.135 e. The number of hydrogen-bond acceptors (Lipinski definition) is 3. The van der Waals surface area contributed by atoms with E-state index < -0.39 is 0 Å². The van der Waals surface area contributed by atoms with Crippen LogP contribution in [0.1, 0.15) is 11.3 Å². The van der Waals surface area contributed by atoms with Gasteiger partial charge in [0.2, 0.25) is 0 Å². The van der Waals surface area contributed by atoms with E-state index in [4.69, 9.17) is 11.6 Å². The Hall–Kier alpha value is -0.380. The van der Waals surface area contributed by atoms with Gasteiger partial charge in [-0.05, 0) is 30.9 Å². The molecule has 0 saturated carbocycles. The maximum Gasteiger partial charge on any atom is 0.135 e. The van der Waals surface area contributed by atoms with E-state index in [1.54, 1.807) is 22.7 Å². The van der Waals surface area contributed by atoms with E-state index in [0.29, 0.717) is 0 Å². The first-order valence-corrected chi connectivity index (χ1v) is 5.93. The third kappa shape index (κ3) is 1.64. The third-order valence-corrected chi connectivity index (χ3v) is 4.42. The van der Waals surface area contributed by atoms with Crippen LogP contribution < -0.4 is 0 Å². The number of nitrogens with zero attached hydrogens (tertiary/aromatic N) is 1. The van der Waals surface area contributed by atoms with Gasteiger partial charge in [0.05, 0.1) is 10.6 Å². The Morgan fingerprint density at radius 1 is 1.38 bits per heavy atom. The minimum absolute atomic E-state index is 0.794. The van der Waals surface area contributed by atoms with Crippen LogP contribution in [-0.2, 0) is 0 Å². The van der Waals surface area contributed by atoms with Crippen LogP contribution in [0.2, 0.25) is 4.34 Å². The highest BCUT2D eigenvalue weighted by atomic mass is 35.5. The second-order valence-corrected chi connectivity index (χ2v) is 5.33. The molecule has 0 aliphatic carbocycles. The Balaban J connectivity index is 2.53. The highest BCUT2D eigenvalue weighted by Crippen LogP contribution is 2.35. The number of hydrogen-bond donors (Lipinski definition) is 0. The van der Waals surface area contributed by atoms with Gasteiger partial charge < -0.3 is 0 Å². The summed E-state index contributed by atoms with van der Waals surface area (Å²) < 4.78 is 0.794. The Morgan fingerprint density at radius 2 is 2.15 bits per heavy atom. The molecule has 68 valence electrons. The number of thiophene rings is 1. The summed E-state index contributed by atoms with van der Waals surface area (Å²) in [5.41, 5.74) is 2.20. The van der Waals surface area contributed by atoms with Gasteiger partial charge >= 0.3 is 0 Å². The van der Waals surface area contributed by atoms with Crippen molar-refractivity contribution < 1.29 is 0 Å². The molecule has 4 heteroatoms. The molecule has 1 nitrogen and oxygen atoms in total. The normalized spacial score (nSPS) is 10.7. The summed E-state index contributed by atoms with van der Waals surface area (Å²) >= 11 is 9.22. The van der Waals surface area contributed by atoms with E-state index >= 15 is 0 Å². The molecule has 0 N–H and O–H groups in total. The first-order valence-electron chi connectivity index (χ1n) is 3.86. The van der Waals surface area contributed by atoms with Gasteiger partial charge in [-0.25, -0.2) is 4.98 Å². The lowest BCUT2D eigenvalue weighted by molar-refractivity contribution is 1.27. The second kappa shape index (κ2) is 3.40. The topological polar surface area (TPSA) is 12.9 Å². The quantitative estimate of drug-likeness (QED) is 0.716. The largest absolute Gasteiger partial charge is 0.239 e. The van der Waals surface area contributed by atoms with Gasteiger partial charge in [-0.1, -0.05) is 11.6 Å². The SMILES string of the molecule is Cc1ccsc1-c1nc(C)c(Cl)s1. The number of thiazole rings is 1. The standard InChI is InChI=1S/C9H8ClNS2/c1-5-3-4-12-7(5)9-11-6(2)8(10)13-9/h3-4H,1-2H3. The molecule has 0 aliphatic heterocycles. The number of aryl methyl sites for hydroxylation is 2. The van der Waals surface area contributed by atoms with Crippen LogP contribution >= 0.6 is 34.3 Å². The molecule has 0 aliphatic rings. The number of aromatic nitrogens is 1. The Morgan fingerprint density at radius 3 is 2.62 bits per heavy atom. The van der Waals surface area contributed by atoms with Crippen LogP contribution in [0.3, 0.4) is 0 Å². The fourth-order valence-corrected chi connectivity index (χ4v) is 3.21. The molecule has 2 aromatic heterocycles. The third-order valence-electron chi connectivity index (χ3n) is 1.80. The summed E-state index contributed by atoms with van der Waals surface area (Å²) in [5, 5.41) is 3.12. The van der Waals surface area contributed by atoms with Crippen molar-refractivity contribution in [3.05, 3.63) is 27.0 Å². The lowest BCUT2D eigenvalue weighted by Crippen LogP contribution is -1.74. The van der Waals surface area contributed by atoms with E-state index in [-0.39, 0.29) is 0 Å². The molecule has 0 atom stereocenters. The zero-order chi connectivity index (χ0) is 9.42. The highest BCUT2D eigenvalue weighted by molar-refractivity contribution is 7.23. The van der Waals surface area contributed by atoms with Crippen LogP contribution in [0, 0.1) is 13.8 Å². The maximum absolute atomic E-state index is 5.96. The van der Waals surface area contributed by atoms with Gasteiger partial charge in [-0.3, -0.25) is 0 Å². The van der Waals surface area contributed by atoms with Crippen LogP contribution in [0.25, 0.3) is 9.88 Å². The first kappa shape index (κ1) is 9.19. The van der Waals surface area contributed by atoms with Crippen molar-refractivity contribution >= 4 is 34.3 Å². The van der Waals surface area contributed by atoms with Gasteiger partial charge in [-0.2, -0.15) is 0 Å². The van der Waals surface area contributed by atoms with Crippen molar-refractivity contribution in [1.82, 2.24) is 4.98 Å². The molecular formula is C9H8ClNS2. The van der Waals surface area contributed by atoms with Gasteiger partial charge in [0.15, 0.2) is 0 Å². The Labute approximate surface area is 90.0 Å². The fraction of sp³-hybridized carbons (Fsp3) is 0.222. The Kier molecular flexibility index (Phi) is 2.41. The van der Waals surface area contributed by atoms with Crippen LogP contribution in [0.5, 0.6) is 0 Å². The molecular weight excluding hydrogens is 222 g/mol. The highest BCUT2D eigenvalue weighted by Gasteiger charge is 2.10. The Bertz CT molecular complexity index is 411. The van der Waals surface area contributed by atoms with Crippen molar-refractivity contribution in [2.75, 3.05) is 0 Å². The molecule has 13 heavy (non-hydrogen) atoms. The zero-order valence-electron chi connectivity index (χ0n) is 7.30. The van der Waals surface area contributed by atoms with Crippen molar-refractivity contribution in [3.8, 4) is 9.88 Å². The molecule has 0 spiro atoms. The molecule has 2 heterocycles. The lowest BCUT2D eigenvalue weighted by atomic mass is 10.3. The van der Waals surface area contributed by atoms with E-state index in [9.17, 15) is 0 Å². The van der Waals surface area contributed by atoms with Crippen molar-refractivity contribution in [2.24, 2.45) is 0 Å².